The highest BCUT2D eigenvalue weighted by atomic mass is 16.4. The van der Waals surface area contributed by atoms with Crippen molar-refractivity contribution in [1.82, 2.24) is 15.1 Å². The minimum Gasteiger partial charge on any atom is -0.481 e. The first-order valence-electron chi connectivity index (χ1n) is 7.51. The highest BCUT2D eigenvalue weighted by Gasteiger charge is 2.19. The van der Waals surface area contributed by atoms with E-state index in [9.17, 15) is 9.59 Å². The largest absolute Gasteiger partial charge is 0.481 e. The van der Waals surface area contributed by atoms with E-state index in [2.05, 4.69) is 10.4 Å². The molecule has 0 saturated heterocycles. The number of aryl methyl sites for hydroxylation is 1. The van der Waals surface area contributed by atoms with Crippen LogP contribution >= 0.6 is 0 Å². The molecule has 1 aromatic heterocycles. The summed E-state index contributed by atoms with van der Waals surface area (Å²) in [6.07, 6.45) is 5.64. The molecule has 1 aromatic rings. The molecule has 0 aliphatic heterocycles. The summed E-state index contributed by atoms with van der Waals surface area (Å²) in [7, 11) is 0. The Morgan fingerprint density at radius 1 is 1.29 bits per heavy atom. The van der Waals surface area contributed by atoms with Gasteiger partial charge >= 0.3 is 5.97 Å². The Hall–Kier alpha value is -1.85. The van der Waals surface area contributed by atoms with Gasteiger partial charge in [0.05, 0.1) is 12.1 Å². The molecule has 0 bridgehead atoms. The Morgan fingerprint density at radius 2 is 1.95 bits per heavy atom. The number of amides is 1. The first-order chi connectivity index (χ1) is 9.97. The van der Waals surface area contributed by atoms with Crippen LogP contribution in [0.4, 0.5) is 0 Å². The van der Waals surface area contributed by atoms with Crippen LogP contribution in [-0.4, -0.2) is 32.8 Å². The normalized spacial score (nSPS) is 15.9. The Morgan fingerprint density at radius 3 is 2.57 bits per heavy atom. The number of hydrogen-bond donors (Lipinski definition) is 2. The van der Waals surface area contributed by atoms with Gasteiger partial charge in [-0.15, -0.1) is 0 Å². The monoisotopic (exact) mass is 293 g/mol. The van der Waals surface area contributed by atoms with Gasteiger partial charge in [-0.25, -0.2) is 0 Å². The molecule has 2 N–H and O–H groups in total. The molecule has 0 aromatic carbocycles. The van der Waals surface area contributed by atoms with Gasteiger partial charge in [-0.1, -0.05) is 19.3 Å². The quantitative estimate of drug-likeness (QED) is 0.863. The van der Waals surface area contributed by atoms with Crippen molar-refractivity contribution in [2.45, 2.75) is 65.0 Å². The molecule has 1 heterocycles. The lowest BCUT2D eigenvalue weighted by molar-refractivity contribution is -0.136. The highest BCUT2D eigenvalue weighted by molar-refractivity contribution is 5.76. The SMILES string of the molecule is Cc1nn(CC(=O)NC2CCCCC2)c(C)c1CC(=O)O. The standard InChI is InChI=1S/C15H23N3O3/c1-10-13(8-15(20)21)11(2)18(17-10)9-14(19)16-12-6-4-3-5-7-12/h12H,3-9H2,1-2H3,(H,16,19)(H,20,21). The summed E-state index contributed by atoms with van der Waals surface area (Å²) in [5.74, 6) is -0.929. The second-order valence-electron chi connectivity index (χ2n) is 5.78. The first-order valence-corrected chi connectivity index (χ1v) is 7.51. The summed E-state index contributed by atoms with van der Waals surface area (Å²) in [6, 6.07) is 0.279. The first kappa shape index (κ1) is 15.5. The molecule has 1 aliphatic carbocycles. The fourth-order valence-corrected chi connectivity index (χ4v) is 2.95. The molecule has 21 heavy (non-hydrogen) atoms. The van der Waals surface area contributed by atoms with Crippen LogP contribution in [0.25, 0.3) is 0 Å². The number of carboxylic acids is 1. The van der Waals surface area contributed by atoms with E-state index < -0.39 is 5.97 Å². The summed E-state index contributed by atoms with van der Waals surface area (Å²) >= 11 is 0. The van der Waals surface area contributed by atoms with Crippen molar-refractivity contribution in [1.29, 1.82) is 0 Å². The van der Waals surface area contributed by atoms with Crippen molar-refractivity contribution in [3.63, 3.8) is 0 Å². The van der Waals surface area contributed by atoms with Crippen LogP contribution < -0.4 is 5.32 Å². The number of aliphatic carboxylic acids is 1. The molecule has 0 radical (unpaired) electrons. The van der Waals surface area contributed by atoms with Gasteiger partial charge in [-0.3, -0.25) is 14.3 Å². The molecular formula is C15H23N3O3. The summed E-state index contributed by atoms with van der Waals surface area (Å²) in [4.78, 5) is 22.9. The number of aromatic nitrogens is 2. The molecule has 6 heteroatoms. The van der Waals surface area contributed by atoms with Gasteiger partial charge in [0.25, 0.3) is 0 Å². The summed E-state index contributed by atoms with van der Waals surface area (Å²) < 4.78 is 1.60. The third-order valence-corrected chi connectivity index (χ3v) is 4.12. The molecule has 1 aliphatic rings. The van der Waals surface area contributed by atoms with Crippen LogP contribution in [-0.2, 0) is 22.6 Å². The van der Waals surface area contributed by atoms with E-state index in [1.807, 2.05) is 6.92 Å². The summed E-state index contributed by atoms with van der Waals surface area (Å²) in [6.45, 7) is 3.75. The van der Waals surface area contributed by atoms with Gasteiger partial charge in [0.1, 0.15) is 6.54 Å². The van der Waals surface area contributed by atoms with Crippen molar-refractivity contribution >= 4 is 11.9 Å². The van der Waals surface area contributed by atoms with Crippen LogP contribution in [0.2, 0.25) is 0 Å². The molecule has 1 fully saturated rings. The number of nitrogens with one attached hydrogen (secondary N) is 1. The number of carbonyl (C=O) groups excluding carboxylic acids is 1. The van der Waals surface area contributed by atoms with Gasteiger partial charge < -0.3 is 10.4 Å². The Balaban J connectivity index is 1.98. The molecule has 0 unspecified atom stereocenters. The van der Waals surface area contributed by atoms with Crippen LogP contribution in [0.3, 0.4) is 0 Å². The number of hydrogen-bond acceptors (Lipinski definition) is 3. The van der Waals surface area contributed by atoms with Crippen molar-refractivity contribution in [2.75, 3.05) is 0 Å². The molecule has 1 amide bonds. The van der Waals surface area contributed by atoms with Crippen molar-refractivity contribution in [3.05, 3.63) is 17.0 Å². The van der Waals surface area contributed by atoms with E-state index in [1.54, 1.807) is 11.6 Å². The van der Waals surface area contributed by atoms with Crippen LogP contribution in [0, 0.1) is 13.8 Å². The lowest BCUT2D eigenvalue weighted by atomic mass is 9.95. The number of carboxylic acid groups (broad SMARTS) is 1. The topological polar surface area (TPSA) is 84.2 Å². The lowest BCUT2D eigenvalue weighted by Crippen LogP contribution is -2.38. The Bertz CT molecular complexity index is 531. The minimum atomic E-state index is -0.882. The minimum absolute atomic E-state index is 0.0469. The van der Waals surface area contributed by atoms with Gasteiger partial charge in [0, 0.05) is 17.3 Å². The fourth-order valence-electron chi connectivity index (χ4n) is 2.95. The predicted molar refractivity (Wildman–Crippen MR) is 78.1 cm³/mol. The van der Waals surface area contributed by atoms with Gasteiger partial charge in [0.15, 0.2) is 0 Å². The fraction of sp³-hybridized carbons (Fsp3) is 0.667. The van der Waals surface area contributed by atoms with Gasteiger partial charge in [-0.05, 0) is 26.7 Å². The highest BCUT2D eigenvalue weighted by Crippen LogP contribution is 2.18. The van der Waals surface area contributed by atoms with Crippen LogP contribution in [0.15, 0.2) is 0 Å². The van der Waals surface area contributed by atoms with E-state index in [1.165, 1.54) is 19.3 Å². The molecule has 1 saturated carbocycles. The van der Waals surface area contributed by atoms with Gasteiger partial charge in [-0.2, -0.15) is 5.10 Å². The summed E-state index contributed by atoms with van der Waals surface area (Å²) in [5, 5.41) is 16.2. The third-order valence-electron chi connectivity index (χ3n) is 4.12. The van der Waals surface area contributed by atoms with Crippen molar-refractivity contribution < 1.29 is 14.7 Å². The van der Waals surface area contributed by atoms with Crippen molar-refractivity contribution in [3.8, 4) is 0 Å². The van der Waals surface area contributed by atoms with Crippen LogP contribution in [0.1, 0.15) is 49.1 Å². The maximum atomic E-state index is 12.1. The molecule has 2 rings (SSSR count). The predicted octanol–water partition coefficient (Wildman–Crippen LogP) is 1.58. The van der Waals surface area contributed by atoms with Crippen LogP contribution in [0.5, 0.6) is 0 Å². The summed E-state index contributed by atoms with van der Waals surface area (Å²) in [5.41, 5.74) is 2.14. The molecule has 6 nitrogen and oxygen atoms in total. The van der Waals surface area contributed by atoms with Gasteiger partial charge in [0.2, 0.25) is 5.91 Å². The van der Waals surface area contributed by atoms with E-state index in [-0.39, 0.29) is 24.9 Å². The maximum Gasteiger partial charge on any atom is 0.307 e. The molecule has 0 atom stereocenters. The van der Waals surface area contributed by atoms with E-state index >= 15 is 0 Å². The number of rotatable bonds is 5. The van der Waals surface area contributed by atoms with E-state index in [0.717, 1.165) is 18.5 Å². The van der Waals surface area contributed by atoms with E-state index in [0.29, 0.717) is 11.3 Å². The maximum absolute atomic E-state index is 12.1. The second kappa shape index (κ2) is 6.74. The average molecular weight is 293 g/mol. The zero-order chi connectivity index (χ0) is 15.4. The number of carbonyl (C=O) groups is 2. The third kappa shape index (κ3) is 4.06. The zero-order valence-corrected chi connectivity index (χ0v) is 12.7. The Kier molecular flexibility index (Phi) is 4.98. The second-order valence-corrected chi connectivity index (χ2v) is 5.78. The average Bonchev–Trinajstić information content (AvgIpc) is 2.67. The Labute approximate surface area is 124 Å². The number of nitrogens with zero attached hydrogens (tertiary/aromatic N) is 2. The molecular weight excluding hydrogens is 270 g/mol. The molecule has 116 valence electrons. The zero-order valence-electron chi connectivity index (χ0n) is 12.7. The van der Waals surface area contributed by atoms with Crippen molar-refractivity contribution in [2.24, 2.45) is 0 Å². The smallest absolute Gasteiger partial charge is 0.307 e. The lowest BCUT2D eigenvalue weighted by Gasteiger charge is -2.22. The van der Waals surface area contributed by atoms with E-state index in [4.69, 9.17) is 5.11 Å². The molecule has 0 spiro atoms.